The van der Waals surface area contributed by atoms with E-state index in [0.717, 1.165) is 26.4 Å². The molecule has 0 atom stereocenters. The van der Waals surface area contributed by atoms with Gasteiger partial charge in [-0.25, -0.2) is 13.4 Å². The highest BCUT2D eigenvalue weighted by molar-refractivity contribution is 7.90. The van der Waals surface area contributed by atoms with Crippen molar-refractivity contribution in [2.75, 3.05) is 6.26 Å². The van der Waals surface area contributed by atoms with Gasteiger partial charge in [0.05, 0.1) is 20.8 Å². The molecule has 0 bridgehead atoms. The third-order valence-corrected chi connectivity index (χ3v) is 6.29. The van der Waals surface area contributed by atoms with Gasteiger partial charge >= 0.3 is 0 Å². The van der Waals surface area contributed by atoms with Gasteiger partial charge in [-0.05, 0) is 43.7 Å². The maximum atomic E-state index is 11.7. The molecule has 4 nitrogen and oxygen atoms in total. The lowest BCUT2D eigenvalue weighted by Gasteiger charge is -2.03. The Bertz CT molecular complexity index is 1200. The van der Waals surface area contributed by atoms with Gasteiger partial charge in [0.25, 0.3) is 0 Å². The molecule has 0 fully saturated rings. The van der Waals surface area contributed by atoms with Gasteiger partial charge in [0, 0.05) is 18.0 Å². The number of nitrogens with zero attached hydrogens (tertiary/aromatic N) is 2. The van der Waals surface area contributed by atoms with Gasteiger partial charge in [0.1, 0.15) is 0 Å². The van der Waals surface area contributed by atoms with Crippen LogP contribution in [0.25, 0.3) is 26.4 Å². The fourth-order valence-corrected chi connectivity index (χ4v) is 4.62. The Hall–Kier alpha value is -2.18. The molecule has 2 heterocycles. The number of fused-ring (bicyclic) bond motifs is 3. The minimum absolute atomic E-state index is 0.342. The minimum atomic E-state index is -3.20. The van der Waals surface area contributed by atoms with Crippen molar-refractivity contribution in [3.05, 3.63) is 53.7 Å². The summed E-state index contributed by atoms with van der Waals surface area (Å²) in [5.74, 6) is 0. The summed E-state index contributed by atoms with van der Waals surface area (Å²) in [7, 11) is -3.20. The molecule has 0 aliphatic heterocycles. The smallest absolute Gasteiger partial charge is 0.195 e. The zero-order valence-corrected chi connectivity index (χ0v) is 15.2. The van der Waals surface area contributed by atoms with Gasteiger partial charge in [-0.1, -0.05) is 29.0 Å². The zero-order chi connectivity index (χ0) is 17.1. The molecule has 2 aromatic heterocycles. The Morgan fingerprint density at radius 3 is 2.62 bits per heavy atom. The lowest BCUT2D eigenvalue weighted by molar-refractivity contribution is 0.602. The first-order valence-corrected chi connectivity index (χ1v) is 10.2. The molecule has 0 aliphatic rings. The number of aromatic nitrogens is 2. The third-order valence-electron chi connectivity index (χ3n) is 4.16. The van der Waals surface area contributed by atoms with Crippen molar-refractivity contribution in [2.45, 2.75) is 18.7 Å². The summed E-state index contributed by atoms with van der Waals surface area (Å²) in [5, 5.41) is 0. The monoisotopic (exact) mass is 356 g/mol. The van der Waals surface area contributed by atoms with Crippen LogP contribution in [-0.4, -0.2) is 24.1 Å². The fraction of sp³-hybridized carbons (Fsp3) is 0.167. The van der Waals surface area contributed by atoms with Crippen LogP contribution in [0.2, 0.25) is 0 Å². The predicted molar refractivity (Wildman–Crippen MR) is 98.6 cm³/mol. The number of thiazole rings is 1. The van der Waals surface area contributed by atoms with Crippen LogP contribution in [0.4, 0.5) is 0 Å². The largest absolute Gasteiger partial charge is 0.290 e. The highest BCUT2D eigenvalue weighted by atomic mass is 32.2. The van der Waals surface area contributed by atoms with Crippen molar-refractivity contribution in [1.29, 1.82) is 0 Å². The highest BCUT2D eigenvalue weighted by Crippen LogP contribution is 2.32. The Morgan fingerprint density at radius 2 is 1.88 bits per heavy atom. The average Bonchev–Trinajstić information content (AvgIpc) is 3.05. The maximum absolute atomic E-state index is 11.7. The van der Waals surface area contributed by atoms with Gasteiger partial charge in [-0.3, -0.25) is 4.40 Å². The van der Waals surface area contributed by atoms with Crippen LogP contribution >= 0.6 is 11.3 Å². The molecular formula is C18H16N2O2S2. The van der Waals surface area contributed by atoms with E-state index in [0.29, 0.717) is 4.90 Å². The topological polar surface area (TPSA) is 51.4 Å². The standard InChI is InChI=1S/C18H16N2O2S2/c1-11-4-5-12(2)14(8-11)15-10-20-16-7-6-13(24(3,21)22)9-17(16)23-18(20)19-15/h4-10H,1-3H3. The lowest BCUT2D eigenvalue weighted by Crippen LogP contribution is -1.96. The van der Waals surface area contributed by atoms with Gasteiger partial charge in [-0.2, -0.15) is 0 Å². The minimum Gasteiger partial charge on any atom is -0.290 e. The van der Waals surface area contributed by atoms with E-state index in [9.17, 15) is 8.42 Å². The van der Waals surface area contributed by atoms with Gasteiger partial charge < -0.3 is 0 Å². The van der Waals surface area contributed by atoms with Crippen molar-refractivity contribution in [2.24, 2.45) is 0 Å². The quantitative estimate of drug-likeness (QED) is 0.540. The summed E-state index contributed by atoms with van der Waals surface area (Å²) in [4.78, 5) is 5.96. The molecule has 0 unspecified atom stereocenters. The number of rotatable bonds is 2. The number of aryl methyl sites for hydroxylation is 2. The predicted octanol–water partition coefficient (Wildman–Crippen LogP) is 4.24. The molecule has 0 radical (unpaired) electrons. The van der Waals surface area contributed by atoms with Crippen LogP contribution in [0.5, 0.6) is 0 Å². The van der Waals surface area contributed by atoms with E-state index >= 15 is 0 Å². The van der Waals surface area contributed by atoms with E-state index in [2.05, 4.69) is 32.0 Å². The van der Waals surface area contributed by atoms with Gasteiger partial charge in [0.2, 0.25) is 0 Å². The molecule has 4 rings (SSSR count). The van der Waals surface area contributed by atoms with E-state index < -0.39 is 9.84 Å². The fourth-order valence-electron chi connectivity index (χ4n) is 2.85. The second-order valence-corrected chi connectivity index (χ2v) is 9.13. The van der Waals surface area contributed by atoms with E-state index in [1.54, 1.807) is 12.1 Å². The summed E-state index contributed by atoms with van der Waals surface area (Å²) in [6.45, 7) is 4.15. The number of sulfone groups is 1. The van der Waals surface area contributed by atoms with Gasteiger partial charge in [0.15, 0.2) is 14.8 Å². The summed E-state index contributed by atoms with van der Waals surface area (Å²) < 4.78 is 26.4. The zero-order valence-electron chi connectivity index (χ0n) is 13.6. The normalized spacial score (nSPS) is 12.3. The van der Waals surface area contributed by atoms with Crippen LogP contribution < -0.4 is 0 Å². The molecule has 0 amide bonds. The van der Waals surface area contributed by atoms with Crippen molar-refractivity contribution in [3.63, 3.8) is 0 Å². The Labute approximate surface area is 144 Å². The van der Waals surface area contributed by atoms with Crippen LogP contribution in [0, 0.1) is 13.8 Å². The molecule has 0 spiro atoms. The molecule has 2 aromatic carbocycles. The first kappa shape index (κ1) is 15.4. The molecule has 0 N–H and O–H groups in total. The van der Waals surface area contributed by atoms with E-state index in [-0.39, 0.29) is 0 Å². The van der Waals surface area contributed by atoms with Crippen molar-refractivity contribution >= 4 is 36.4 Å². The van der Waals surface area contributed by atoms with Crippen LogP contribution in [0.1, 0.15) is 11.1 Å². The van der Waals surface area contributed by atoms with E-state index in [4.69, 9.17) is 4.98 Å². The summed E-state index contributed by atoms with van der Waals surface area (Å²) in [6, 6.07) is 11.6. The molecule has 0 saturated carbocycles. The highest BCUT2D eigenvalue weighted by Gasteiger charge is 2.14. The summed E-state index contributed by atoms with van der Waals surface area (Å²) >= 11 is 1.50. The number of imidazole rings is 1. The Morgan fingerprint density at radius 1 is 1.08 bits per heavy atom. The third kappa shape index (κ3) is 2.42. The molecule has 0 aliphatic carbocycles. The molecule has 6 heteroatoms. The second-order valence-electron chi connectivity index (χ2n) is 6.10. The van der Waals surface area contributed by atoms with E-state index in [1.165, 1.54) is 28.7 Å². The molecule has 0 saturated heterocycles. The summed E-state index contributed by atoms with van der Waals surface area (Å²) in [6.07, 6.45) is 3.25. The number of benzene rings is 2. The number of hydrogen-bond donors (Lipinski definition) is 0. The Balaban J connectivity index is 1.92. The van der Waals surface area contributed by atoms with Crippen molar-refractivity contribution < 1.29 is 8.42 Å². The van der Waals surface area contributed by atoms with E-state index in [1.807, 2.05) is 16.7 Å². The first-order chi connectivity index (χ1) is 11.3. The first-order valence-electron chi connectivity index (χ1n) is 7.52. The van der Waals surface area contributed by atoms with Crippen LogP contribution in [0.3, 0.4) is 0 Å². The van der Waals surface area contributed by atoms with Crippen molar-refractivity contribution in [1.82, 2.24) is 9.38 Å². The second kappa shape index (κ2) is 5.16. The lowest BCUT2D eigenvalue weighted by atomic mass is 10.0. The molecule has 122 valence electrons. The molecule has 4 aromatic rings. The SMILES string of the molecule is Cc1ccc(C)c(-c2cn3c(n2)sc2cc(S(C)(=O)=O)ccc23)c1. The molecule has 24 heavy (non-hydrogen) atoms. The Kier molecular flexibility index (Phi) is 3.30. The van der Waals surface area contributed by atoms with Crippen LogP contribution in [-0.2, 0) is 9.84 Å². The summed E-state index contributed by atoms with van der Waals surface area (Å²) in [5.41, 5.74) is 5.44. The van der Waals surface area contributed by atoms with Crippen molar-refractivity contribution in [3.8, 4) is 11.3 Å². The maximum Gasteiger partial charge on any atom is 0.195 e. The molecular weight excluding hydrogens is 340 g/mol. The van der Waals surface area contributed by atoms with Crippen LogP contribution in [0.15, 0.2) is 47.5 Å². The average molecular weight is 356 g/mol. The number of hydrogen-bond acceptors (Lipinski definition) is 4. The van der Waals surface area contributed by atoms with Gasteiger partial charge in [-0.15, -0.1) is 0 Å².